The minimum atomic E-state index is -0.528. The third-order valence-corrected chi connectivity index (χ3v) is 3.43. The second kappa shape index (κ2) is 7.72. The van der Waals surface area contributed by atoms with Crippen molar-refractivity contribution < 1.29 is 8.78 Å². The summed E-state index contributed by atoms with van der Waals surface area (Å²) in [4.78, 5) is 0. The Labute approximate surface area is 121 Å². The minimum absolute atomic E-state index is 0.113. The molecule has 0 heterocycles. The first-order valence-electron chi connectivity index (χ1n) is 7.50. The third-order valence-electron chi connectivity index (χ3n) is 3.43. The molecule has 0 radical (unpaired) electrons. The second-order valence-electron chi connectivity index (χ2n) is 6.51. The summed E-state index contributed by atoms with van der Waals surface area (Å²) in [7, 11) is 0. The predicted molar refractivity (Wildman–Crippen MR) is 80.6 cm³/mol. The van der Waals surface area contributed by atoms with Gasteiger partial charge in [-0.15, -0.1) is 0 Å². The zero-order chi connectivity index (χ0) is 15.3. The molecule has 3 heteroatoms. The summed E-state index contributed by atoms with van der Waals surface area (Å²) in [5, 5.41) is 3.49. The Morgan fingerprint density at radius 2 is 1.50 bits per heavy atom. The van der Waals surface area contributed by atoms with Crippen molar-refractivity contribution in [1.29, 1.82) is 0 Å². The first-order valence-corrected chi connectivity index (χ1v) is 7.50. The Morgan fingerprint density at radius 1 is 0.950 bits per heavy atom. The zero-order valence-corrected chi connectivity index (χ0v) is 13.2. The molecule has 0 bridgehead atoms. The van der Waals surface area contributed by atoms with Gasteiger partial charge in [0.2, 0.25) is 0 Å². The molecule has 1 atom stereocenters. The van der Waals surface area contributed by atoms with Gasteiger partial charge >= 0.3 is 0 Å². The molecular formula is C17H27F2N. The van der Waals surface area contributed by atoms with Crippen LogP contribution in [-0.2, 0) is 0 Å². The van der Waals surface area contributed by atoms with E-state index in [-0.39, 0.29) is 6.04 Å². The number of nitrogens with one attached hydrogen (secondary N) is 1. The molecule has 0 aliphatic carbocycles. The molecule has 0 spiro atoms. The SMILES string of the molecule is CC(C)CC(CC(C)C)NC(C)c1ccc(F)cc1F. The molecule has 1 rings (SSSR count). The lowest BCUT2D eigenvalue weighted by Gasteiger charge is -2.26. The molecule has 1 aromatic rings. The van der Waals surface area contributed by atoms with E-state index in [2.05, 4.69) is 33.0 Å². The molecular weight excluding hydrogens is 256 g/mol. The molecule has 20 heavy (non-hydrogen) atoms. The molecule has 1 nitrogen and oxygen atoms in total. The van der Waals surface area contributed by atoms with E-state index in [1.54, 1.807) is 0 Å². The van der Waals surface area contributed by atoms with Crippen LogP contribution in [0, 0.1) is 23.5 Å². The van der Waals surface area contributed by atoms with Gasteiger partial charge in [0.05, 0.1) is 0 Å². The molecule has 0 aromatic heterocycles. The van der Waals surface area contributed by atoms with Crippen molar-refractivity contribution in [2.24, 2.45) is 11.8 Å². The minimum Gasteiger partial charge on any atom is -0.307 e. The summed E-state index contributed by atoms with van der Waals surface area (Å²) in [6, 6.07) is 4.04. The maximum absolute atomic E-state index is 13.8. The summed E-state index contributed by atoms with van der Waals surface area (Å²) < 4.78 is 26.8. The third kappa shape index (κ3) is 5.58. The Hall–Kier alpha value is -0.960. The molecule has 0 aliphatic heterocycles. The average Bonchev–Trinajstić information content (AvgIpc) is 2.26. The monoisotopic (exact) mass is 283 g/mol. The van der Waals surface area contributed by atoms with E-state index in [0.29, 0.717) is 23.4 Å². The van der Waals surface area contributed by atoms with E-state index in [1.165, 1.54) is 12.1 Å². The fraction of sp³-hybridized carbons (Fsp3) is 0.647. The summed E-state index contributed by atoms with van der Waals surface area (Å²) in [6.07, 6.45) is 2.12. The van der Waals surface area contributed by atoms with E-state index in [0.717, 1.165) is 18.9 Å². The maximum atomic E-state index is 13.8. The van der Waals surface area contributed by atoms with Crippen molar-refractivity contribution in [1.82, 2.24) is 5.32 Å². The van der Waals surface area contributed by atoms with Crippen LogP contribution in [0.4, 0.5) is 8.78 Å². The summed E-state index contributed by atoms with van der Waals surface area (Å²) in [5.41, 5.74) is 0.531. The van der Waals surface area contributed by atoms with E-state index >= 15 is 0 Å². The van der Waals surface area contributed by atoms with Gasteiger partial charge in [-0.05, 0) is 37.7 Å². The number of hydrogen-bond donors (Lipinski definition) is 1. The lowest BCUT2D eigenvalue weighted by molar-refractivity contribution is 0.332. The largest absolute Gasteiger partial charge is 0.307 e. The first kappa shape index (κ1) is 17.1. The van der Waals surface area contributed by atoms with Gasteiger partial charge in [-0.3, -0.25) is 0 Å². The van der Waals surface area contributed by atoms with E-state index in [9.17, 15) is 8.78 Å². The van der Waals surface area contributed by atoms with Crippen molar-refractivity contribution in [3.8, 4) is 0 Å². The Kier molecular flexibility index (Phi) is 6.60. The van der Waals surface area contributed by atoms with Gasteiger partial charge in [0, 0.05) is 23.7 Å². The van der Waals surface area contributed by atoms with Crippen molar-refractivity contribution in [3.05, 3.63) is 35.4 Å². The molecule has 1 N–H and O–H groups in total. The van der Waals surface area contributed by atoms with Crippen molar-refractivity contribution >= 4 is 0 Å². The molecule has 0 fully saturated rings. The van der Waals surface area contributed by atoms with Crippen molar-refractivity contribution in [2.45, 2.75) is 59.5 Å². The van der Waals surface area contributed by atoms with Crippen LogP contribution in [0.1, 0.15) is 59.1 Å². The number of halogens is 2. The molecule has 0 saturated heterocycles. The Bertz CT molecular complexity index is 405. The van der Waals surface area contributed by atoms with Crippen LogP contribution in [0.15, 0.2) is 18.2 Å². The van der Waals surface area contributed by atoms with E-state index < -0.39 is 11.6 Å². The molecule has 114 valence electrons. The average molecular weight is 283 g/mol. The first-order chi connectivity index (χ1) is 9.29. The summed E-state index contributed by atoms with van der Waals surface area (Å²) in [5.74, 6) is 0.185. The molecule has 1 aromatic carbocycles. The number of hydrogen-bond acceptors (Lipinski definition) is 1. The lowest BCUT2D eigenvalue weighted by Crippen LogP contribution is -2.34. The highest BCUT2D eigenvalue weighted by molar-refractivity contribution is 5.21. The molecule has 1 unspecified atom stereocenters. The quantitative estimate of drug-likeness (QED) is 0.736. The maximum Gasteiger partial charge on any atom is 0.130 e. The molecule has 0 aliphatic rings. The Balaban J connectivity index is 2.75. The standard InChI is InChI=1S/C17H27F2N/c1-11(2)8-15(9-12(3)4)20-13(5)16-7-6-14(18)10-17(16)19/h6-7,10-13,15,20H,8-9H2,1-5H3. The fourth-order valence-electron chi connectivity index (χ4n) is 2.67. The smallest absolute Gasteiger partial charge is 0.130 e. The van der Waals surface area contributed by atoms with Gasteiger partial charge in [0.25, 0.3) is 0 Å². The van der Waals surface area contributed by atoms with Crippen molar-refractivity contribution in [3.63, 3.8) is 0 Å². The van der Waals surface area contributed by atoms with Crippen LogP contribution in [0.5, 0.6) is 0 Å². The van der Waals surface area contributed by atoms with Crippen LogP contribution in [0.3, 0.4) is 0 Å². The summed E-state index contributed by atoms with van der Waals surface area (Å²) in [6.45, 7) is 10.7. The van der Waals surface area contributed by atoms with E-state index in [4.69, 9.17) is 0 Å². The summed E-state index contributed by atoms with van der Waals surface area (Å²) >= 11 is 0. The predicted octanol–water partition coefficient (Wildman–Crippen LogP) is 5.08. The topological polar surface area (TPSA) is 12.0 Å². The highest BCUT2D eigenvalue weighted by Crippen LogP contribution is 2.21. The highest BCUT2D eigenvalue weighted by Gasteiger charge is 2.18. The van der Waals surface area contributed by atoms with Gasteiger partial charge in [0.1, 0.15) is 11.6 Å². The van der Waals surface area contributed by atoms with Gasteiger partial charge in [-0.25, -0.2) is 8.78 Å². The van der Waals surface area contributed by atoms with E-state index in [1.807, 2.05) is 6.92 Å². The molecule has 0 saturated carbocycles. The van der Waals surface area contributed by atoms with Crippen LogP contribution in [0.25, 0.3) is 0 Å². The normalized spacial score (nSPS) is 13.5. The second-order valence-corrected chi connectivity index (χ2v) is 6.51. The number of rotatable bonds is 7. The van der Waals surface area contributed by atoms with Gasteiger partial charge in [-0.1, -0.05) is 33.8 Å². The fourth-order valence-corrected chi connectivity index (χ4v) is 2.67. The van der Waals surface area contributed by atoms with Crippen LogP contribution in [0.2, 0.25) is 0 Å². The van der Waals surface area contributed by atoms with Crippen LogP contribution >= 0.6 is 0 Å². The van der Waals surface area contributed by atoms with Crippen molar-refractivity contribution in [2.75, 3.05) is 0 Å². The zero-order valence-electron chi connectivity index (χ0n) is 13.2. The van der Waals surface area contributed by atoms with Crippen LogP contribution < -0.4 is 5.32 Å². The van der Waals surface area contributed by atoms with Gasteiger partial charge < -0.3 is 5.32 Å². The van der Waals surface area contributed by atoms with Crippen LogP contribution in [-0.4, -0.2) is 6.04 Å². The van der Waals surface area contributed by atoms with Gasteiger partial charge in [0.15, 0.2) is 0 Å². The highest BCUT2D eigenvalue weighted by atomic mass is 19.1. The molecule has 0 amide bonds. The lowest BCUT2D eigenvalue weighted by atomic mass is 9.94. The van der Waals surface area contributed by atoms with Gasteiger partial charge in [-0.2, -0.15) is 0 Å². The number of benzene rings is 1. The Morgan fingerprint density at radius 3 is 1.95 bits per heavy atom.